The fourth-order valence-electron chi connectivity index (χ4n) is 2.80. The van der Waals surface area contributed by atoms with Crippen LogP contribution in [0.4, 0.5) is 0 Å². The zero-order chi connectivity index (χ0) is 14.8. The van der Waals surface area contributed by atoms with Gasteiger partial charge in [0.05, 0.1) is 6.42 Å². The van der Waals surface area contributed by atoms with E-state index in [0.29, 0.717) is 24.2 Å². The van der Waals surface area contributed by atoms with Crippen molar-refractivity contribution in [2.45, 2.75) is 31.7 Å². The van der Waals surface area contributed by atoms with E-state index in [4.69, 9.17) is 4.52 Å². The van der Waals surface area contributed by atoms with Gasteiger partial charge in [-0.3, -0.25) is 4.79 Å². The van der Waals surface area contributed by atoms with Gasteiger partial charge in [-0.15, -0.1) is 0 Å². The topological polar surface area (TPSA) is 83.6 Å². The summed E-state index contributed by atoms with van der Waals surface area (Å²) in [6.07, 6.45) is 2.27. The van der Waals surface area contributed by atoms with Crippen molar-refractivity contribution in [2.24, 2.45) is 0 Å². The first-order valence-corrected chi connectivity index (χ1v) is 7.02. The van der Waals surface area contributed by atoms with Crippen molar-refractivity contribution in [1.82, 2.24) is 10.1 Å². The number of para-hydroxylation sites is 1. The molecule has 1 aliphatic heterocycles. The van der Waals surface area contributed by atoms with Crippen LogP contribution in [-0.4, -0.2) is 39.6 Å². The number of carbonyl (C=O) groups excluding carboxylic acids is 1. The molecule has 1 aliphatic rings. The van der Waals surface area contributed by atoms with Crippen LogP contribution in [0.15, 0.2) is 28.8 Å². The zero-order valence-electron chi connectivity index (χ0n) is 11.5. The smallest absolute Gasteiger partial charge is 0.326 e. The number of aliphatic carboxylic acids is 1. The summed E-state index contributed by atoms with van der Waals surface area (Å²) in [5.74, 6) is -1.14. The van der Waals surface area contributed by atoms with Crippen molar-refractivity contribution >= 4 is 22.8 Å². The van der Waals surface area contributed by atoms with E-state index >= 15 is 0 Å². The van der Waals surface area contributed by atoms with Gasteiger partial charge in [-0.05, 0) is 31.4 Å². The molecule has 110 valence electrons. The van der Waals surface area contributed by atoms with Crippen LogP contribution < -0.4 is 0 Å². The first kappa shape index (κ1) is 13.6. The summed E-state index contributed by atoms with van der Waals surface area (Å²) in [7, 11) is 0. The van der Waals surface area contributed by atoms with Gasteiger partial charge in [0.2, 0.25) is 5.91 Å². The average molecular weight is 288 g/mol. The van der Waals surface area contributed by atoms with E-state index in [0.717, 1.165) is 18.2 Å². The lowest BCUT2D eigenvalue weighted by molar-refractivity contribution is -0.151. The van der Waals surface area contributed by atoms with Crippen molar-refractivity contribution in [3.8, 4) is 0 Å². The minimum Gasteiger partial charge on any atom is -0.480 e. The van der Waals surface area contributed by atoms with Crippen LogP contribution in [0.25, 0.3) is 11.0 Å². The summed E-state index contributed by atoms with van der Waals surface area (Å²) in [5.41, 5.74) is 1.19. The molecule has 0 bridgehead atoms. The Balaban J connectivity index is 1.80. The molecule has 1 atom stereocenters. The summed E-state index contributed by atoms with van der Waals surface area (Å²) < 4.78 is 5.17. The maximum absolute atomic E-state index is 12.4. The van der Waals surface area contributed by atoms with Crippen LogP contribution in [0.1, 0.15) is 25.0 Å². The first-order valence-electron chi connectivity index (χ1n) is 7.02. The van der Waals surface area contributed by atoms with Crippen molar-refractivity contribution in [3.05, 3.63) is 30.0 Å². The van der Waals surface area contributed by atoms with E-state index in [2.05, 4.69) is 5.16 Å². The molecule has 2 heterocycles. The third kappa shape index (κ3) is 2.61. The van der Waals surface area contributed by atoms with E-state index in [1.54, 1.807) is 6.07 Å². The second kappa shape index (κ2) is 5.55. The maximum atomic E-state index is 12.4. The summed E-state index contributed by atoms with van der Waals surface area (Å²) in [4.78, 5) is 25.1. The molecule has 6 heteroatoms. The van der Waals surface area contributed by atoms with E-state index in [1.165, 1.54) is 4.90 Å². The van der Waals surface area contributed by atoms with Gasteiger partial charge in [0, 0.05) is 11.9 Å². The summed E-state index contributed by atoms with van der Waals surface area (Å²) in [6, 6.07) is 6.61. The number of piperidine rings is 1. The molecule has 1 amide bonds. The number of likely N-dealkylation sites (tertiary alicyclic amines) is 1. The molecule has 1 unspecified atom stereocenters. The van der Waals surface area contributed by atoms with Crippen molar-refractivity contribution in [3.63, 3.8) is 0 Å². The highest BCUT2D eigenvalue weighted by atomic mass is 16.5. The molecule has 0 radical (unpaired) electrons. The molecule has 3 rings (SSSR count). The molecule has 1 saturated heterocycles. The van der Waals surface area contributed by atoms with E-state index < -0.39 is 12.0 Å². The number of nitrogens with zero attached hydrogens (tertiary/aromatic N) is 2. The predicted molar refractivity (Wildman–Crippen MR) is 74.7 cm³/mol. The Morgan fingerprint density at radius 1 is 1.33 bits per heavy atom. The number of aromatic nitrogens is 1. The normalized spacial score (nSPS) is 18.9. The second-order valence-electron chi connectivity index (χ2n) is 5.24. The van der Waals surface area contributed by atoms with Gasteiger partial charge in [0.1, 0.15) is 11.7 Å². The number of amides is 1. The monoisotopic (exact) mass is 288 g/mol. The molecule has 1 N–H and O–H groups in total. The van der Waals surface area contributed by atoms with Gasteiger partial charge < -0.3 is 14.5 Å². The van der Waals surface area contributed by atoms with E-state index in [9.17, 15) is 14.7 Å². The Hall–Kier alpha value is -2.37. The van der Waals surface area contributed by atoms with Gasteiger partial charge in [-0.1, -0.05) is 17.3 Å². The molecule has 1 aromatic heterocycles. The standard InChI is InChI=1S/C15H16N2O4/c18-14(17-8-4-3-6-12(17)15(19)20)9-11-10-5-1-2-7-13(10)21-16-11/h1-2,5,7,12H,3-4,6,8-9H2,(H,19,20). The fraction of sp³-hybridized carbons (Fsp3) is 0.400. The number of hydrogen-bond donors (Lipinski definition) is 1. The summed E-state index contributed by atoms with van der Waals surface area (Å²) in [5, 5.41) is 14.0. The highest BCUT2D eigenvalue weighted by Gasteiger charge is 2.32. The quantitative estimate of drug-likeness (QED) is 0.931. The fourth-order valence-corrected chi connectivity index (χ4v) is 2.80. The van der Waals surface area contributed by atoms with Crippen molar-refractivity contribution < 1.29 is 19.2 Å². The van der Waals surface area contributed by atoms with E-state index in [1.807, 2.05) is 18.2 Å². The SMILES string of the molecule is O=C(O)C1CCCCN1C(=O)Cc1noc2ccccc12. The van der Waals surface area contributed by atoms with Crippen LogP contribution in [0.2, 0.25) is 0 Å². The second-order valence-corrected chi connectivity index (χ2v) is 5.24. The molecule has 6 nitrogen and oxygen atoms in total. The largest absolute Gasteiger partial charge is 0.480 e. The molecule has 0 spiro atoms. The number of fused-ring (bicyclic) bond motifs is 1. The highest BCUT2D eigenvalue weighted by molar-refractivity contribution is 5.88. The lowest BCUT2D eigenvalue weighted by atomic mass is 10.0. The minimum absolute atomic E-state index is 0.0702. The van der Waals surface area contributed by atoms with Crippen molar-refractivity contribution in [2.75, 3.05) is 6.54 Å². The molecular weight excluding hydrogens is 272 g/mol. The maximum Gasteiger partial charge on any atom is 0.326 e. The molecule has 1 fully saturated rings. The molecule has 2 aromatic rings. The predicted octanol–water partition coefficient (Wildman–Crippen LogP) is 1.84. The van der Waals surface area contributed by atoms with Crippen LogP contribution in [0, 0.1) is 0 Å². The lowest BCUT2D eigenvalue weighted by Gasteiger charge is -2.32. The molecule has 0 saturated carbocycles. The van der Waals surface area contributed by atoms with Gasteiger partial charge >= 0.3 is 5.97 Å². The Morgan fingerprint density at radius 3 is 2.95 bits per heavy atom. The Bertz CT molecular complexity index is 679. The van der Waals surface area contributed by atoms with Crippen LogP contribution in [0.5, 0.6) is 0 Å². The number of carboxylic acids is 1. The van der Waals surface area contributed by atoms with E-state index in [-0.39, 0.29) is 12.3 Å². The third-order valence-electron chi connectivity index (χ3n) is 3.88. The molecule has 0 aliphatic carbocycles. The minimum atomic E-state index is -0.937. The first-order chi connectivity index (χ1) is 10.2. The molecule has 1 aromatic carbocycles. The number of benzene rings is 1. The number of rotatable bonds is 3. The van der Waals surface area contributed by atoms with Gasteiger partial charge in [0.15, 0.2) is 5.58 Å². The lowest BCUT2D eigenvalue weighted by Crippen LogP contribution is -2.48. The highest BCUT2D eigenvalue weighted by Crippen LogP contribution is 2.22. The number of hydrogen-bond acceptors (Lipinski definition) is 4. The molecule has 21 heavy (non-hydrogen) atoms. The number of carbonyl (C=O) groups is 2. The van der Waals surface area contributed by atoms with Gasteiger partial charge in [-0.2, -0.15) is 0 Å². The van der Waals surface area contributed by atoms with Crippen molar-refractivity contribution in [1.29, 1.82) is 0 Å². The zero-order valence-corrected chi connectivity index (χ0v) is 11.5. The van der Waals surface area contributed by atoms with Crippen LogP contribution >= 0.6 is 0 Å². The van der Waals surface area contributed by atoms with Gasteiger partial charge in [0.25, 0.3) is 0 Å². The Labute approximate surface area is 121 Å². The third-order valence-corrected chi connectivity index (χ3v) is 3.88. The average Bonchev–Trinajstić information content (AvgIpc) is 2.90. The Morgan fingerprint density at radius 2 is 2.14 bits per heavy atom. The van der Waals surface area contributed by atoms with Gasteiger partial charge in [-0.25, -0.2) is 4.79 Å². The Kier molecular flexibility index (Phi) is 3.60. The summed E-state index contributed by atoms with van der Waals surface area (Å²) >= 11 is 0. The number of carboxylic acid groups (broad SMARTS) is 1. The molecular formula is C15H16N2O4. The van der Waals surface area contributed by atoms with Crippen LogP contribution in [0.3, 0.4) is 0 Å². The summed E-state index contributed by atoms with van der Waals surface area (Å²) in [6.45, 7) is 0.492. The van der Waals surface area contributed by atoms with Crippen LogP contribution in [-0.2, 0) is 16.0 Å².